The van der Waals surface area contributed by atoms with Gasteiger partial charge in [0, 0.05) is 38.9 Å². The second kappa shape index (κ2) is 8.80. The molecule has 2 aliphatic heterocycles. The number of ketones is 3. The highest BCUT2D eigenvalue weighted by Gasteiger charge is 2.71. The zero-order valence-electron chi connectivity index (χ0n) is 20.9. The third kappa shape index (κ3) is 3.26. The van der Waals surface area contributed by atoms with E-state index >= 15 is 0 Å². The van der Waals surface area contributed by atoms with Crippen molar-refractivity contribution in [1.29, 1.82) is 0 Å². The van der Waals surface area contributed by atoms with Gasteiger partial charge in [0.05, 0.1) is 6.04 Å². The molecule has 1 saturated heterocycles. The third-order valence-electron chi connectivity index (χ3n) is 8.39. The van der Waals surface area contributed by atoms with Crippen LogP contribution in [0, 0.1) is 17.0 Å². The van der Waals surface area contributed by atoms with Gasteiger partial charge in [0.1, 0.15) is 23.1 Å². The fourth-order valence-electron chi connectivity index (χ4n) is 6.78. The molecule has 1 fully saturated rings. The topological polar surface area (TPSA) is 54.5 Å². The number of hydrogen-bond acceptors (Lipinski definition) is 4. The van der Waals surface area contributed by atoms with Crippen LogP contribution in [-0.4, -0.2) is 29.4 Å². The molecular formula is C33H20ClF2NO3. The van der Waals surface area contributed by atoms with Crippen LogP contribution in [0.1, 0.15) is 48.1 Å². The van der Waals surface area contributed by atoms with Crippen molar-refractivity contribution in [3.63, 3.8) is 0 Å². The van der Waals surface area contributed by atoms with Crippen molar-refractivity contribution in [2.75, 3.05) is 4.90 Å². The molecule has 1 aliphatic carbocycles. The van der Waals surface area contributed by atoms with Crippen LogP contribution in [0.25, 0.3) is 6.08 Å². The van der Waals surface area contributed by atoms with E-state index in [-0.39, 0.29) is 28.5 Å². The van der Waals surface area contributed by atoms with Crippen LogP contribution in [0.5, 0.6) is 0 Å². The number of halogens is 3. The van der Waals surface area contributed by atoms with E-state index in [0.717, 1.165) is 0 Å². The lowest BCUT2D eigenvalue weighted by atomic mass is 9.64. The summed E-state index contributed by atoms with van der Waals surface area (Å²) in [6.07, 6.45) is 3.41. The quantitative estimate of drug-likeness (QED) is 0.204. The Kier molecular flexibility index (Phi) is 5.41. The lowest BCUT2D eigenvalue weighted by Gasteiger charge is -2.37. The second-order valence-corrected chi connectivity index (χ2v) is 10.8. The molecule has 1 spiro atoms. The summed E-state index contributed by atoms with van der Waals surface area (Å²) < 4.78 is 28.4. The van der Waals surface area contributed by atoms with Crippen LogP contribution < -0.4 is 4.90 Å². The monoisotopic (exact) mass is 551 g/mol. The van der Waals surface area contributed by atoms with E-state index in [1.54, 1.807) is 71.6 Å². The average molecular weight is 552 g/mol. The molecule has 0 bridgehead atoms. The molecule has 0 unspecified atom stereocenters. The highest BCUT2D eigenvalue weighted by atomic mass is 35.5. The minimum atomic E-state index is -1.71. The molecule has 0 aromatic heterocycles. The smallest absolute Gasteiger partial charge is 0.185 e. The summed E-state index contributed by atoms with van der Waals surface area (Å²) in [6, 6.07) is 21.0. The van der Waals surface area contributed by atoms with Gasteiger partial charge < -0.3 is 4.90 Å². The zero-order valence-corrected chi connectivity index (χ0v) is 21.6. The van der Waals surface area contributed by atoms with Crippen LogP contribution in [-0.2, 0) is 0 Å². The Bertz CT molecular complexity index is 1730. The Balaban J connectivity index is 1.54. The Morgan fingerprint density at radius 1 is 0.800 bits per heavy atom. The van der Waals surface area contributed by atoms with Crippen LogP contribution in [0.4, 0.5) is 14.5 Å². The number of benzene rings is 4. The van der Waals surface area contributed by atoms with E-state index in [4.69, 9.17) is 11.6 Å². The molecule has 4 aromatic carbocycles. The zero-order chi connectivity index (χ0) is 27.8. The number of Topliss-reactive ketones (excluding diaryl/α,β-unsaturated/α-hetero) is 3. The third-order valence-corrected chi connectivity index (χ3v) is 8.64. The summed E-state index contributed by atoms with van der Waals surface area (Å²) in [7, 11) is 0. The highest BCUT2D eigenvalue weighted by Crippen LogP contribution is 2.61. The van der Waals surface area contributed by atoms with Gasteiger partial charge in [-0.3, -0.25) is 14.4 Å². The molecule has 0 amide bonds. The Labute approximate surface area is 233 Å². The summed E-state index contributed by atoms with van der Waals surface area (Å²) in [5, 5.41) is 0.450. The van der Waals surface area contributed by atoms with Crippen LogP contribution in [0.2, 0.25) is 5.02 Å². The maximum absolute atomic E-state index is 14.5. The van der Waals surface area contributed by atoms with Crippen LogP contribution in [0.15, 0.2) is 97.1 Å². The molecule has 3 atom stereocenters. The van der Waals surface area contributed by atoms with Crippen molar-refractivity contribution < 1.29 is 23.2 Å². The van der Waals surface area contributed by atoms with Gasteiger partial charge in [0.25, 0.3) is 0 Å². The number of nitrogens with zero attached hydrogens (tertiary/aromatic N) is 1. The van der Waals surface area contributed by atoms with Crippen molar-refractivity contribution >= 4 is 40.7 Å². The maximum Gasteiger partial charge on any atom is 0.185 e. The first-order valence-corrected chi connectivity index (χ1v) is 13.2. The minimum absolute atomic E-state index is 0.289. The van der Waals surface area contributed by atoms with Crippen molar-refractivity contribution in [2.24, 2.45) is 5.41 Å². The van der Waals surface area contributed by atoms with Crippen molar-refractivity contribution in [1.82, 2.24) is 0 Å². The fraction of sp³-hybridized carbons (Fsp3) is 0.121. The largest absolute Gasteiger partial charge is 0.352 e. The number of rotatable bonds is 3. The molecule has 3 aliphatic rings. The van der Waals surface area contributed by atoms with Gasteiger partial charge in [-0.1, -0.05) is 60.2 Å². The van der Waals surface area contributed by atoms with Gasteiger partial charge in [0.15, 0.2) is 17.3 Å². The average Bonchev–Trinajstić information content (AvgIpc) is 3.39. The minimum Gasteiger partial charge on any atom is -0.352 e. The van der Waals surface area contributed by atoms with Gasteiger partial charge in [-0.15, -0.1) is 0 Å². The molecule has 7 heteroatoms. The number of anilines is 1. The first-order chi connectivity index (χ1) is 19.3. The predicted molar refractivity (Wildman–Crippen MR) is 148 cm³/mol. The SMILES string of the molecule is O=C(c1ccc(Cl)cc1)[C@@H]1[C@H](c2ccc(F)cc2)C2(C(=O)c3ccccc3C2=O)[C@H]2C=Cc3cc(F)ccc3N12. The summed E-state index contributed by atoms with van der Waals surface area (Å²) in [5.41, 5.74) is 0.740. The number of carbonyl (C=O) groups excluding carboxylic acids is 3. The summed E-state index contributed by atoms with van der Waals surface area (Å²) in [4.78, 5) is 45.3. The maximum atomic E-state index is 14.5. The first-order valence-electron chi connectivity index (χ1n) is 12.8. The molecule has 7 rings (SSSR count). The summed E-state index contributed by atoms with van der Waals surface area (Å²) in [5.74, 6) is -3.03. The molecule has 196 valence electrons. The summed E-state index contributed by atoms with van der Waals surface area (Å²) >= 11 is 6.10. The van der Waals surface area contributed by atoms with E-state index in [1.165, 1.54) is 36.4 Å². The van der Waals surface area contributed by atoms with E-state index in [9.17, 15) is 23.2 Å². The lowest BCUT2D eigenvalue weighted by molar-refractivity contribution is 0.0666. The highest BCUT2D eigenvalue weighted by molar-refractivity contribution is 6.32. The van der Waals surface area contributed by atoms with E-state index in [0.29, 0.717) is 27.4 Å². The lowest BCUT2D eigenvalue weighted by Crippen LogP contribution is -2.48. The molecule has 40 heavy (non-hydrogen) atoms. The molecule has 0 radical (unpaired) electrons. The summed E-state index contributed by atoms with van der Waals surface area (Å²) in [6.45, 7) is 0. The number of fused-ring (bicyclic) bond motifs is 5. The van der Waals surface area contributed by atoms with Crippen molar-refractivity contribution in [3.05, 3.63) is 142 Å². The Morgan fingerprint density at radius 2 is 1.43 bits per heavy atom. The fourth-order valence-corrected chi connectivity index (χ4v) is 6.90. The van der Waals surface area contributed by atoms with E-state index in [2.05, 4.69) is 0 Å². The van der Waals surface area contributed by atoms with Gasteiger partial charge in [0.2, 0.25) is 0 Å². The number of carbonyl (C=O) groups is 3. The van der Waals surface area contributed by atoms with Gasteiger partial charge >= 0.3 is 0 Å². The van der Waals surface area contributed by atoms with E-state index in [1.807, 2.05) is 0 Å². The molecular weight excluding hydrogens is 532 g/mol. The van der Waals surface area contributed by atoms with Gasteiger partial charge in [-0.25, -0.2) is 8.78 Å². The van der Waals surface area contributed by atoms with Crippen molar-refractivity contribution in [3.8, 4) is 0 Å². The number of hydrogen-bond donors (Lipinski definition) is 0. The van der Waals surface area contributed by atoms with Crippen LogP contribution >= 0.6 is 11.6 Å². The molecule has 0 N–H and O–H groups in total. The molecule has 4 nitrogen and oxygen atoms in total. The van der Waals surface area contributed by atoms with Crippen molar-refractivity contribution in [2.45, 2.75) is 18.0 Å². The molecule has 4 aromatic rings. The first kappa shape index (κ1) is 24.6. The van der Waals surface area contributed by atoms with Gasteiger partial charge in [-0.05, 0) is 60.2 Å². The predicted octanol–water partition coefficient (Wildman–Crippen LogP) is 6.93. The van der Waals surface area contributed by atoms with Crippen LogP contribution in [0.3, 0.4) is 0 Å². The second-order valence-electron chi connectivity index (χ2n) is 10.3. The molecule has 2 heterocycles. The van der Waals surface area contributed by atoms with E-state index < -0.39 is 35.1 Å². The Morgan fingerprint density at radius 3 is 2.08 bits per heavy atom. The van der Waals surface area contributed by atoms with Gasteiger partial charge in [-0.2, -0.15) is 0 Å². The standard InChI is InChI=1S/C33H20ClF2NO3/c34-21-10-5-19(6-11-21)30(38)29-28(18-7-12-22(35)13-8-18)33(31(39)24-3-1-2-4-25(24)32(33)40)27-16-9-20-17-23(36)14-15-26(20)37(27)29/h1-17,27-29H/t27-,28+,29+/m1/s1. The Hall–Kier alpha value is -4.42. The normalized spacial score (nSPS) is 21.9. The molecule has 0 saturated carbocycles.